The van der Waals surface area contributed by atoms with Crippen LogP contribution in [0.1, 0.15) is 23.0 Å². The molecule has 29 heavy (non-hydrogen) atoms. The highest BCUT2D eigenvalue weighted by Crippen LogP contribution is 2.24. The lowest BCUT2D eigenvalue weighted by Crippen LogP contribution is -2.25. The summed E-state index contributed by atoms with van der Waals surface area (Å²) in [4.78, 5) is 25.1. The van der Waals surface area contributed by atoms with Crippen molar-refractivity contribution in [3.8, 4) is 0 Å². The number of hydrogen-bond acceptors (Lipinski definition) is 4. The molecule has 7 heteroatoms. The summed E-state index contributed by atoms with van der Waals surface area (Å²) < 4.78 is 11.3. The fraction of sp³-hybridized carbons (Fsp3) is 0.0909. The molecule has 148 valence electrons. The summed E-state index contributed by atoms with van der Waals surface area (Å²) in [6, 6.07) is 17.4. The van der Waals surface area contributed by atoms with Crippen LogP contribution in [0.2, 0.25) is 5.02 Å². The summed E-state index contributed by atoms with van der Waals surface area (Å²) in [7, 11) is 0. The van der Waals surface area contributed by atoms with Crippen molar-refractivity contribution < 1.29 is 18.7 Å². The molecule has 1 unspecified atom stereocenters. The molecule has 0 spiro atoms. The number of aryl methyl sites for hydroxylation is 1. The molecule has 3 aromatic rings. The number of esters is 1. The summed E-state index contributed by atoms with van der Waals surface area (Å²) >= 11 is 9.31. The highest BCUT2D eigenvalue weighted by Gasteiger charge is 2.24. The van der Waals surface area contributed by atoms with Crippen LogP contribution < -0.4 is 5.32 Å². The van der Waals surface area contributed by atoms with Crippen molar-refractivity contribution in [3.63, 3.8) is 0 Å². The second kappa shape index (κ2) is 9.58. The van der Waals surface area contributed by atoms with Gasteiger partial charge in [0.1, 0.15) is 5.76 Å². The van der Waals surface area contributed by atoms with E-state index in [9.17, 15) is 9.59 Å². The zero-order valence-electron chi connectivity index (χ0n) is 15.4. The number of amides is 1. The van der Waals surface area contributed by atoms with Crippen molar-refractivity contribution in [2.45, 2.75) is 13.0 Å². The fourth-order valence-corrected chi connectivity index (χ4v) is 3.00. The standard InChI is InChI=1S/C22H17BrClNO4/c1-14-7-8-16(13-18(14)24)25-22(27)21(15-5-3-2-4-6-15)29-20(26)12-10-17-9-11-19(23)28-17/h2-13,21H,1H3,(H,25,27)/b12-10+. The molecule has 1 atom stereocenters. The molecule has 1 N–H and O–H groups in total. The van der Waals surface area contributed by atoms with E-state index >= 15 is 0 Å². The van der Waals surface area contributed by atoms with Crippen LogP contribution in [0, 0.1) is 6.92 Å². The minimum absolute atomic E-state index is 0.476. The Bertz CT molecular complexity index is 1050. The van der Waals surface area contributed by atoms with Gasteiger partial charge in [0.2, 0.25) is 6.10 Å². The normalized spacial score (nSPS) is 12.0. The number of anilines is 1. The van der Waals surface area contributed by atoms with E-state index in [2.05, 4.69) is 21.2 Å². The number of ether oxygens (including phenoxy) is 1. The van der Waals surface area contributed by atoms with Crippen molar-refractivity contribution in [3.05, 3.63) is 93.3 Å². The summed E-state index contributed by atoms with van der Waals surface area (Å²) in [6.07, 6.45) is 1.54. The molecular formula is C22H17BrClNO4. The number of halogens is 2. The van der Waals surface area contributed by atoms with Crippen molar-refractivity contribution in [2.24, 2.45) is 0 Å². The van der Waals surface area contributed by atoms with Crippen LogP contribution in [-0.4, -0.2) is 11.9 Å². The number of furan rings is 1. The third-order valence-corrected chi connectivity index (χ3v) is 4.82. The molecule has 0 aliphatic rings. The van der Waals surface area contributed by atoms with Gasteiger partial charge in [-0.05, 0) is 58.8 Å². The zero-order valence-corrected chi connectivity index (χ0v) is 17.7. The summed E-state index contributed by atoms with van der Waals surface area (Å²) in [5.74, 6) is -0.689. The summed E-state index contributed by atoms with van der Waals surface area (Å²) in [5.41, 5.74) is 1.95. The van der Waals surface area contributed by atoms with E-state index in [1.807, 2.05) is 13.0 Å². The first-order valence-electron chi connectivity index (χ1n) is 8.68. The molecule has 1 aromatic heterocycles. The van der Waals surface area contributed by atoms with Gasteiger partial charge in [-0.1, -0.05) is 48.0 Å². The molecule has 0 aliphatic carbocycles. The van der Waals surface area contributed by atoms with Gasteiger partial charge in [-0.2, -0.15) is 0 Å². The average Bonchev–Trinajstić information content (AvgIpc) is 3.13. The monoisotopic (exact) mass is 473 g/mol. The van der Waals surface area contributed by atoms with E-state index in [4.69, 9.17) is 20.8 Å². The highest BCUT2D eigenvalue weighted by atomic mass is 79.9. The Balaban J connectivity index is 1.77. The van der Waals surface area contributed by atoms with Gasteiger partial charge in [-0.15, -0.1) is 0 Å². The number of nitrogens with one attached hydrogen (secondary N) is 1. The second-order valence-corrected chi connectivity index (χ2v) is 7.34. The first kappa shape index (κ1) is 20.9. The van der Waals surface area contributed by atoms with Gasteiger partial charge in [-0.25, -0.2) is 4.79 Å². The van der Waals surface area contributed by atoms with Crippen LogP contribution in [0.4, 0.5) is 5.69 Å². The smallest absolute Gasteiger partial charge is 0.332 e. The average molecular weight is 475 g/mol. The molecule has 1 amide bonds. The summed E-state index contributed by atoms with van der Waals surface area (Å²) in [5, 5.41) is 3.27. The Morgan fingerprint density at radius 3 is 2.55 bits per heavy atom. The van der Waals surface area contributed by atoms with E-state index in [0.29, 0.717) is 26.7 Å². The summed E-state index contributed by atoms with van der Waals surface area (Å²) in [6.45, 7) is 1.87. The van der Waals surface area contributed by atoms with Crippen LogP contribution in [0.3, 0.4) is 0 Å². The second-order valence-electron chi connectivity index (χ2n) is 6.16. The highest BCUT2D eigenvalue weighted by molar-refractivity contribution is 9.10. The molecular weight excluding hydrogens is 458 g/mol. The largest absolute Gasteiger partial charge is 0.450 e. The van der Waals surface area contributed by atoms with E-state index < -0.39 is 18.0 Å². The third-order valence-electron chi connectivity index (χ3n) is 3.99. The van der Waals surface area contributed by atoms with Crippen LogP contribution in [-0.2, 0) is 14.3 Å². The fourth-order valence-electron chi connectivity index (χ4n) is 2.50. The lowest BCUT2D eigenvalue weighted by molar-refractivity contribution is -0.149. The molecule has 0 aliphatic heterocycles. The van der Waals surface area contributed by atoms with Crippen LogP contribution in [0.15, 0.2) is 75.8 Å². The first-order valence-corrected chi connectivity index (χ1v) is 9.85. The number of hydrogen-bond donors (Lipinski definition) is 1. The van der Waals surface area contributed by atoms with Gasteiger partial charge in [0.05, 0.1) is 0 Å². The Labute approximate surface area is 181 Å². The molecule has 0 saturated heterocycles. The minimum Gasteiger partial charge on any atom is -0.450 e. The Hall–Kier alpha value is -2.83. The van der Waals surface area contributed by atoms with Crippen LogP contribution >= 0.6 is 27.5 Å². The number of carbonyl (C=O) groups is 2. The van der Waals surface area contributed by atoms with E-state index in [0.717, 1.165) is 5.56 Å². The molecule has 0 fully saturated rings. The predicted molar refractivity (Wildman–Crippen MR) is 116 cm³/mol. The van der Waals surface area contributed by atoms with Crippen molar-refractivity contribution in [2.75, 3.05) is 5.32 Å². The maximum absolute atomic E-state index is 12.8. The van der Waals surface area contributed by atoms with Gasteiger partial charge < -0.3 is 14.5 Å². The molecule has 2 aromatic carbocycles. The zero-order chi connectivity index (χ0) is 20.8. The maximum Gasteiger partial charge on any atom is 0.332 e. The maximum atomic E-state index is 12.8. The van der Waals surface area contributed by atoms with Gasteiger partial charge in [0, 0.05) is 22.3 Å². The molecule has 1 heterocycles. The van der Waals surface area contributed by atoms with Crippen molar-refractivity contribution >= 4 is 51.2 Å². The van der Waals surface area contributed by atoms with Crippen molar-refractivity contribution in [1.29, 1.82) is 0 Å². The van der Waals surface area contributed by atoms with Gasteiger partial charge in [-0.3, -0.25) is 4.79 Å². The number of benzene rings is 2. The minimum atomic E-state index is -1.13. The first-order chi connectivity index (χ1) is 13.9. The van der Waals surface area contributed by atoms with Gasteiger partial charge >= 0.3 is 5.97 Å². The number of rotatable bonds is 6. The van der Waals surface area contributed by atoms with E-state index in [1.165, 1.54) is 12.2 Å². The SMILES string of the molecule is Cc1ccc(NC(=O)C(OC(=O)/C=C/c2ccc(Br)o2)c2ccccc2)cc1Cl. The van der Waals surface area contributed by atoms with Crippen LogP contribution in [0.25, 0.3) is 6.08 Å². The number of carbonyl (C=O) groups excluding carboxylic acids is 2. The van der Waals surface area contributed by atoms with E-state index in [-0.39, 0.29) is 0 Å². The molecule has 0 saturated carbocycles. The topological polar surface area (TPSA) is 68.5 Å². The Kier molecular flexibility index (Phi) is 6.90. The van der Waals surface area contributed by atoms with Gasteiger partial charge in [0.15, 0.2) is 4.67 Å². The van der Waals surface area contributed by atoms with Gasteiger partial charge in [0.25, 0.3) is 5.91 Å². The Morgan fingerprint density at radius 1 is 1.14 bits per heavy atom. The molecule has 0 bridgehead atoms. The molecule has 5 nitrogen and oxygen atoms in total. The van der Waals surface area contributed by atoms with Crippen LogP contribution in [0.5, 0.6) is 0 Å². The predicted octanol–water partition coefficient (Wildman–Crippen LogP) is 5.94. The quantitative estimate of drug-likeness (QED) is 0.354. The third kappa shape index (κ3) is 5.82. The van der Waals surface area contributed by atoms with Crippen molar-refractivity contribution in [1.82, 2.24) is 0 Å². The molecule has 3 rings (SSSR count). The van der Waals surface area contributed by atoms with E-state index in [1.54, 1.807) is 54.6 Å². The molecule has 0 radical (unpaired) electrons. The lowest BCUT2D eigenvalue weighted by atomic mass is 10.1. The lowest BCUT2D eigenvalue weighted by Gasteiger charge is -2.17. The Morgan fingerprint density at radius 2 is 1.90 bits per heavy atom.